The van der Waals surface area contributed by atoms with Gasteiger partial charge in [0.1, 0.15) is 0 Å². The van der Waals surface area contributed by atoms with Gasteiger partial charge in [0.05, 0.1) is 11.0 Å². The maximum atomic E-state index is 12.3. The minimum atomic E-state index is -0.464. The third-order valence-corrected chi connectivity index (χ3v) is 3.13. The van der Waals surface area contributed by atoms with Crippen molar-refractivity contribution >= 4 is 16.8 Å². The average Bonchev–Trinajstić information content (AvgIpc) is 2.46. The molecule has 0 atom stereocenters. The molecule has 0 fully saturated rings. The Kier molecular flexibility index (Phi) is 2.91. The zero-order valence-corrected chi connectivity index (χ0v) is 10.9. The molecule has 0 bridgehead atoms. The summed E-state index contributed by atoms with van der Waals surface area (Å²) in [6.45, 7) is 1.94. The maximum Gasteiger partial charge on any atom is 0.278 e. The summed E-state index contributed by atoms with van der Waals surface area (Å²) >= 11 is 0. The predicted molar refractivity (Wildman–Crippen MR) is 77.0 cm³/mol. The molecular formula is C16H12N2O2. The van der Waals surface area contributed by atoms with E-state index in [2.05, 4.69) is 9.97 Å². The molecule has 3 aromatic rings. The first-order chi connectivity index (χ1) is 9.65. The van der Waals surface area contributed by atoms with Crippen molar-refractivity contribution < 1.29 is 4.79 Å². The van der Waals surface area contributed by atoms with Crippen molar-refractivity contribution in [1.82, 2.24) is 9.97 Å². The Bertz CT molecular complexity index is 848. The SMILES string of the molecule is Cc1ccc(C(=O)c2nc3ccccc3[nH]c2=O)cc1. The number of para-hydroxylation sites is 2. The van der Waals surface area contributed by atoms with Gasteiger partial charge in [0.15, 0.2) is 5.69 Å². The lowest BCUT2D eigenvalue weighted by atomic mass is 10.1. The highest BCUT2D eigenvalue weighted by Gasteiger charge is 2.15. The van der Waals surface area contributed by atoms with Gasteiger partial charge >= 0.3 is 0 Å². The molecule has 0 aliphatic carbocycles. The Labute approximate surface area is 115 Å². The Hall–Kier alpha value is -2.75. The number of ketones is 1. The first-order valence-corrected chi connectivity index (χ1v) is 6.25. The summed E-state index contributed by atoms with van der Waals surface area (Å²) in [6, 6.07) is 14.2. The fraction of sp³-hybridized carbons (Fsp3) is 0.0625. The molecule has 2 aromatic carbocycles. The van der Waals surface area contributed by atoms with Crippen molar-refractivity contribution in [3.05, 3.63) is 75.7 Å². The lowest BCUT2D eigenvalue weighted by Crippen LogP contribution is -2.20. The number of nitrogens with zero attached hydrogens (tertiary/aromatic N) is 1. The number of carbonyl (C=O) groups excluding carboxylic acids is 1. The number of rotatable bonds is 2. The summed E-state index contributed by atoms with van der Waals surface area (Å²) in [5, 5.41) is 0. The fourth-order valence-corrected chi connectivity index (χ4v) is 2.03. The number of benzene rings is 2. The molecule has 0 amide bonds. The Morgan fingerprint density at radius 1 is 1.05 bits per heavy atom. The molecule has 98 valence electrons. The van der Waals surface area contributed by atoms with Crippen LogP contribution in [0.3, 0.4) is 0 Å². The van der Waals surface area contributed by atoms with Gasteiger partial charge in [0.2, 0.25) is 5.78 Å². The highest BCUT2D eigenvalue weighted by molar-refractivity contribution is 6.08. The van der Waals surface area contributed by atoms with Crippen molar-refractivity contribution in [2.45, 2.75) is 6.92 Å². The zero-order chi connectivity index (χ0) is 14.1. The van der Waals surface area contributed by atoms with Gasteiger partial charge in [-0.15, -0.1) is 0 Å². The molecule has 1 aromatic heterocycles. The quantitative estimate of drug-likeness (QED) is 0.723. The van der Waals surface area contributed by atoms with Crippen LogP contribution in [0.1, 0.15) is 21.6 Å². The molecule has 1 N–H and O–H groups in total. The van der Waals surface area contributed by atoms with E-state index in [1.165, 1.54) is 0 Å². The van der Waals surface area contributed by atoms with Crippen LogP contribution in [-0.4, -0.2) is 15.8 Å². The van der Waals surface area contributed by atoms with Crippen molar-refractivity contribution in [2.75, 3.05) is 0 Å². The van der Waals surface area contributed by atoms with Gasteiger partial charge < -0.3 is 4.98 Å². The van der Waals surface area contributed by atoms with Gasteiger partial charge in [-0.1, -0.05) is 42.0 Å². The van der Waals surface area contributed by atoms with Crippen LogP contribution < -0.4 is 5.56 Å². The van der Waals surface area contributed by atoms with Crippen molar-refractivity contribution in [3.63, 3.8) is 0 Å². The van der Waals surface area contributed by atoms with E-state index in [0.29, 0.717) is 16.6 Å². The van der Waals surface area contributed by atoms with E-state index in [4.69, 9.17) is 0 Å². The van der Waals surface area contributed by atoms with Gasteiger partial charge in [-0.25, -0.2) is 4.98 Å². The second kappa shape index (κ2) is 4.74. The average molecular weight is 264 g/mol. The van der Waals surface area contributed by atoms with Crippen LogP contribution in [-0.2, 0) is 0 Å². The maximum absolute atomic E-state index is 12.3. The van der Waals surface area contributed by atoms with Crippen molar-refractivity contribution in [3.8, 4) is 0 Å². The molecule has 4 nitrogen and oxygen atoms in total. The zero-order valence-electron chi connectivity index (χ0n) is 10.9. The third-order valence-electron chi connectivity index (χ3n) is 3.13. The van der Waals surface area contributed by atoms with E-state index in [1.54, 1.807) is 30.3 Å². The Balaban J connectivity index is 2.14. The third kappa shape index (κ3) is 2.12. The summed E-state index contributed by atoms with van der Waals surface area (Å²) in [5.41, 5.74) is 2.20. The highest BCUT2D eigenvalue weighted by Crippen LogP contribution is 2.10. The number of hydrogen-bond acceptors (Lipinski definition) is 3. The van der Waals surface area contributed by atoms with Crippen LogP contribution in [0.25, 0.3) is 11.0 Å². The molecule has 20 heavy (non-hydrogen) atoms. The van der Waals surface area contributed by atoms with E-state index in [9.17, 15) is 9.59 Å². The molecule has 0 radical (unpaired) electrons. The van der Waals surface area contributed by atoms with Gasteiger partial charge in [0, 0.05) is 5.56 Å². The number of nitrogens with one attached hydrogen (secondary N) is 1. The number of aromatic nitrogens is 2. The largest absolute Gasteiger partial charge is 0.319 e. The first kappa shape index (κ1) is 12.3. The first-order valence-electron chi connectivity index (χ1n) is 6.25. The molecule has 4 heteroatoms. The van der Waals surface area contributed by atoms with Gasteiger partial charge in [-0.3, -0.25) is 9.59 Å². The molecule has 3 rings (SSSR count). The monoisotopic (exact) mass is 264 g/mol. The number of aromatic amines is 1. The number of H-pyrrole nitrogens is 1. The molecule has 0 saturated carbocycles. The standard InChI is InChI=1S/C16H12N2O2/c1-10-6-8-11(9-7-10)15(19)14-16(20)18-13-5-3-2-4-12(13)17-14/h2-9H,1H3,(H,18,20). The normalized spacial score (nSPS) is 10.7. The summed E-state index contributed by atoms with van der Waals surface area (Å²) in [6.07, 6.45) is 0. The molecule has 0 aliphatic rings. The second-order valence-corrected chi connectivity index (χ2v) is 4.63. The van der Waals surface area contributed by atoms with Crippen molar-refractivity contribution in [2.24, 2.45) is 0 Å². The summed E-state index contributed by atoms with van der Waals surface area (Å²) in [7, 11) is 0. The van der Waals surface area contributed by atoms with Crippen LogP contribution in [0.15, 0.2) is 53.3 Å². The minimum absolute atomic E-state index is 0.0763. The molecule has 0 aliphatic heterocycles. The summed E-state index contributed by atoms with van der Waals surface area (Å²) < 4.78 is 0. The van der Waals surface area contributed by atoms with Crippen LogP contribution in [0, 0.1) is 6.92 Å². The van der Waals surface area contributed by atoms with E-state index >= 15 is 0 Å². The number of carbonyl (C=O) groups is 1. The summed E-state index contributed by atoms with van der Waals surface area (Å²) in [5.74, 6) is -0.364. The van der Waals surface area contributed by atoms with E-state index in [-0.39, 0.29) is 11.5 Å². The van der Waals surface area contributed by atoms with E-state index in [0.717, 1.165) is 5.56 Å². The van der Waals surface area contributed by atoms with Crippen LogP contribution in [0.4, 0.5) is 0 Å². The molecule has 0 saturated heterocycles. The molecular weight excluding hydrogens is 252 g/mol. The van der Waals surface area contributed by atoms with E-state index in [1.807, 2.05) is 25.1 Å². The van der Waals surface area contributed by atoms with Crippen molar-refractivity contribution in [1.29, 1.82) is 0 Å². The van der Waals surface area contributed by atoms with Crippen LogP contribution >= 0.6 is 0 Å². The predicted octanol–water partition coefficient (Wildman–Crippen LogP) is 2.46. The number of fused-ring (bicyclic) bond motifs is 1. The van der Waals surface area contributed by atoms with E-state index < -0.39 is 5.56 Å². The lowest BCUT2D eigenvalue weighted by Gasteiger charge is -2.02. The topological polar surface area (TPSA) is 62.8 Å². The summed E-state index contributed by atoms with van der Waals surface area (Å²) in [4.78, 5) is 31.2. The fourth-order valence-electron chi connectivity index (χ4n) is 2.03. The highest BCUT2D eigenvalue weighted by atomic mass is 16.1. The Morgan fingerprint density at radius 3 is 2.50 bits per heavy atom. The number of aryl methyl sites for hydroxylation is 1. The molecule has 0 unspecified atom stereocenters. The number of hydrogen-bond donors (Lipinski definition) is 1. The second-order valence-electron chi connectivity index (χ2n) is 4.63. The van der Waals surface area contributed by atoms with Crippen LogP contribution in [0.2, 0.25) is 0 Å². The smallest absolute Gasteiger partial charge is 0.278 e. The molecule has 0 spiro atoms. The minimum Gasteiger partial charge on any atom is -0.319 e. The van der Waals surface area contributed by atoms with Gasteiger partial charge in [0.25, 0.3) is 5.56 Å². The van der Waals surface area contributed by atoms with Crippen LogP contribution in [0.5, 0.6) is 0 Å². The van der Waals surface area contributed by atoms with Gasteiger partial charge in [-0.2, -0.15) is 0 Å². The lowest BCUT2D eigenvalue weighted by molar-refractivity contribution is 0.103. The Morgan fingerprint density at radius 2 is 1.75 bits per heavy atom. The van der Waals surface area contributed by atoms with Gasteiger partial charge in [-0.05, 0) is 19.1 Å². The molecule has 1 heterocycles.